The van der Waals surface area contributed by atoms with Crippen LogP contribution < -0.4 is 0 Å². The van der Waals surface area contributed by atoms with Crippen LogP contribution in [0.25, 0.3) is 10.2 Å². The first-order valence-corrected chi connectivity index (χ1v) is 6.70. The van der Waals surface area contributed by atoms with Crippen molar-refractivity contribution in [2.75, 3.05) is 0 Å². The Kier molecular flexibility index (Phi) is 3.01. The molecule has 0 aliphatic rings. The van der Waals surface area contributed by atoms with Gasteiger partial charge in [-0.15, -0.1) is 11.3 Å². The summed E-state index contributed by atoms with van der Waals surface area (Å²) in [7, 11) is 0. The topological polar surface area (TPSA) is 50.2 Å². The van der Waals surface area contributed by atoms with Crippen molar-refractivity contribution in [3.8, 4) is 0 Å². The Morgan fingerprint density at radius 3 is 2.42 bits per heavy atom. The monoisotopic (exact) mass is 269 g/mol. The molecule has 2 aromatic carbocycles. The number of carboxylic acid groups (broad SMARTS) is 1. The lowest BCUT2D eigenvalue weighted by Crippen LogP contribution is -2.12. The van der Waals surface area contributed by atoms with E-state index in [2.05, 4.69) is 4.98 Å². The molecule has 1 atom stereocenters. The van der Waals surface area contributed by atoms with Crippen LogP contribution in [0.2, 0.25) is 0 Å². The molecule has 1 heterocycles. The predicted molar refractivity (Wildman–Crippen MR) is 75.5 cm³/mol. The first kappa shape index (κ1) is 11.9. The van der Waals surface area contributed by atoms with Crippen LogP contribution in [-0.4, -0.2) is 16.1 Å². The third-order valence-corrected chi connectivity index (χ3v) is 4.04. The van der Waals surface area contributed by atoms with E-state index in [0.717, 1.165) is 15.8 Å². The van der Waals surface area contributed by atoms with E-state index in [4.69, 9.17) is 0 Å². The number of carbonyl (C=O) groups is 1. The minimum atomic E-state index is -0.870. The summed E-state index contributed by atoms with van der Waals surface area (Å²) in [6.07, 6.45) is 0. The summed E-state index contributed by atoms with van der Waals surface area (Å²) in [6.45, 7) is 0. The van der Waals surface area contributed by atoms with Crippen LogP contribution in [0, 0.1) is 0 Å². The second-order valence-corrected chi connectivity index (χ2v) is 5.26. The summed E-state index contributed by atoms with van der Waals surface area (Å²) in [5, 5.41) is 10.1. The van der Waals surface area contributed by atoms with Crippen molar-refractivity contribution in [3.63, 3.8) is 0 Å². The van der Waals surface area contributed by atoms with Crippen LogP contribution in [0.4, 0.5) is 0 Å². The van der Waals surface area contributed by atoms with Gasteiger partial charge in [0.25, 0.3) is 0 Å². The van der Waals surface area contributed by atoms with Gasteiger partial charge in [-0.3, -0.25) is 4.79 Å². The molecule has 0 amide bonds. The SMILES string of the molecule is O=C(O)C(c1ccccc1)c1nc2ccccc2s1. The molecule has 0 bridgehead atoms. The molecule has 0 spiro atoms. The summed E-state index contributed by atoms with van der Waals surface area (Å²) < 4.78 is 1.01. The normalized spacial score (nSPS) is 12.4. The molecule has 0 radical (unpaired) electrons. The quantitative estimate of drug-likeness (QED) is 0.791. The highest BCUT2D eigenvalue weighted by Gasteiger charge is 2.25. The van der Waals surface area contributed by atoms with E-state index in [1.165, 1.54) is 11.3 Å². The predicted octanol–water partition coefficient (Wildman–Crippen LogP) is 3.51. The zero-order valence-electron chi connectivity index (χ0n) is 9.98. The van der Waals surface area contributed by atoms with Gasteiger partial charge in [0.1, 0.15) is 10.9 Å². The summed E-state index contributed by atoms with van der Waals surface area (Å²) >= 11 is 1.44. The van der Waals surface area contributed by atoms with Gasteiger partial charge < -0.3 is 5.11 Å². The highest BCUT2D eigenvalue weighted by atomic mass is 32.1. The standard InChI is InChI=1S/C15H11NO2S/c17-15(18)13(10-6-2-1-3-7-10)14-16-11-8-4-5-9-12(11)19-14/h1-9,13H,(H,17,18). The molecule has 3 aromatic rings. The molecule has 0 fully saturated rings. The number of benzene rings is 2. The van der Waals surface area contributed by atoms with Crippen LogP contribution in [0.15, 0.2) is 54.6 Å². The van der Waals surface area contributed by atoms with Gasteiger partial charge in [0.05, 0.1) is 10.2 Å². The number of fused-ring (bicyclic) bond motifs is 1. The Morgan fingerprint density at radius 2 is 1.74 bits per heavy atom. The van der Waals surface area contributed by atoms with Gasteiger partial charge in [-0.25, -0.2) is 4.98 Å². The second-order valence-electron chi connectivity index (χ2n) is 4.20. The fourth-order valence-electron chi connectivity index (χ4n) is 2.05. The lowest BCUT2D eigenvalue weighted by atomic mass is 10.0. The molecular weight excluding hydrogens is 258 g/mol. The first-order valence-electron chi connectivity index (χ1n) is 5.89. The zero-order chi connectivity index (χ0) is 13.2. The number of para-hydroxylation sites is 1. The fourth-order valence-corrected chi connectivity index (χ4v) is 3.14. The van der Waals surface area contributed by atoms with E-state index in [9.17, 15) is 9.90 Å². The van der Waals surface area contributed by atoms with E-state index < -0.39 is 11.9 Å². The minimum absolute atomic E-state index is 0.625. The molecule has 1 aromatic heterocycles. The van der Waals surface area contributed by atoms with E-state index in [-0.39, 0.29) is 0 Å². The molecule has 94 valence electrons. The average molecular weight is 269 g/mol. The van der Waals surface area contributed by atoms with Gasteiger partial charge in [-0.2, -0.15) is 0 Å². The van der Waals surface area contributed by atoms with Crippen molar-refractivity contribution in [1.82, 2.24) is 4.98 Å². The Morgan fingerprint density at radius 1 is 1.05 bits per heavy atom. The molecule has 1 N–H and O–H groups in total. The van der Waals surface area contributed by atoms with Crippen LogP contribution in [0.5, 0.6) is 0 Å². The number of carboxylic acids is 1. The highest BCUT2D eigenvalue weighted by Crippen LogP contribution is 2.31. The smallest absolute Gasteiger partial charge is 0.317 e. The number of rotatable bonds is 3. The van der Waals surface area contributed by atoms with Crippen molar-refractivity contribution < 1.29 is 9.90 Å². The van der Waals surface area contributed by atoms with Gasteiger partial charge in [0.15, 0.2) is 0 Å². The van der Waals surface area contributed by atoms with Gasteiger partial charge in [-0.05, 0) is 17.7 Å². The number of aliphatic carboxylic acids is 1. The molecule has 19 heavy (non-hydrogen) atoms. The molecule has 0 aliphatic carbocycles. The van der Waals surface area contributed by atoms with Crippen LogP contribution >= 0.6 is 11.3 Å². The molecule has 0 saturated carbocycles. The summed E-state index contributed by atoms with van der Waals surface area (Å²) in [4.78, 5) is 16.0. The van der Waals surface area contributed by atoms with Gasteiger partial charge in [0, 0.05) is 0 Å². The largest absolute Gasteiger partial charge is 0.480 e. The van der Waals surface area contributed by atoms with Crippen LogP contribution in [0.1, 0.15) is 16.5 Å². The van der Waals surface area contributed by atoms with Crippen molar-refractivity contribution in [2.24, 2.45) is 0 Å². The lowest BCUT2D eigenvalue weighted by Gasteiger charge is -2.08. The molecule has 0 aliphatic heterocycles. The fraction of sp³-hybridized carbons (Fsp3) is 0.0667. The van der Waals surface area contributed by atoms with Crippen molar-refractivity contribution in [3.05, 3.63) is 65.2 Å². The van der Waals surface area contributed by atoms with Gasteiger partial charge in [-0.1, -0.05) is 42.5 Å². The third kappa shape index (κ3) is 2.22. The number of hydrogen-bond donors (Lipinski definition) is 1. The van der Waals surface area contributed by atoms with Crippen molar-refractivity contribution in [1.29, 1.82) is 0 Å². The van der Waals surface area contributed by atoms with E-state index >= 15 is 0 Å². The lowest BCUT2D eigenvalue weighted by molar-refractivity contribution is -0.137. The maximum absolute atomic E-state index is 11.5. The Labute approximate surface area is 114 Å². The van der Waals surface area contributed by atoms with Crippen LogP contribution in [-0.2, 0) is 4.79 Å². The zero-order valence-corrected chi connectivity index (χ0v) is 10.8. The third-order valence-electron chi connectivity index (χ3n) is 2.94. The molecule has 4 heteroatoms. The summed E-state index contributed by atoms with van der Waals surface area (Å²) in [5.41, 5.74) is 1.61. The summed E-state index contributed by atoms with van der Waals surface area (Å²) in [6, 6.07) is 16.9. The maximum atomic E-state index is 11.5. The number of hydrogen-bond acceptors (Lipinski definition) is 3. The Hall–Kier alpha value is -2.20. The molecule has 3 rings (SSSR count). The average Bonchev–Trinajstić information content (AvgIpc) is 2.82. The second kappa shape index (κ2) is 4.82. The maximum Gasteiger partial charge on any atom is 0.317 e. The number of thiazole rings is 1. The first-order chi connectivity index (χ1) is 9.25. The van der Waals surface area contributed by atoms with Crippen molar-refractivity contribution in [2.45, 2.75) is 5.92 Å². The summed E-state index contributed by atoms with van der Waals surface area (Å²) in [5.74, 6) is -1.57. The van der Waals surface area contributed by atoms with E-state index in [1.807, 2.05) is 54.6 Å². The minimum Gasteiger partial charge on any atom is -0.480 e. The molecular formula is C15H11NO2S. The van der Waals surface area contributed by atoms with Crippen LogP contribution in [0.3, 0.4) is 0 Å². The molecule has 3 nitrogen and oxygen atoms in total. The highest BCUT2D eigenvalue weighted by molar-refractivity contribution is 7.18. The van der Waals surface area contributed by atoms with E-state index in [1.54, 1.807) is 0 Å². The molecule has 1 unspecified atom stereocenters. The van der Waals surface area contributed by atoms with Crippen molar-refractivity contribution >= 4 is 27.5 Å². The molecule has 0 saturated heterocycles. The van der Waals surface area contributed by atoms with E-state index in [0.29, 0.717) is 5.01 Å². The Bertz CT molecular complexity index is 688. The van der Waals surface area contributed by atoms with Gasteiger partial charge in [0.2, 0.25) is 0 Å². The van der Waals surface area contributed by atoms with Gasteiger partial charge >= 0.3 is 5.97 Å². The number of nitrogens with zero attached hydrogens (tertiary/aromatic N) is 1. The Balaban J connectivity index is 2.12. The number of aromatic nitrogens is 1.